The lowest BCUT2D eigenvalue weighted by atomic mass is 10.1. The predicted molar refractivity (Wildman–Crippen MR) is 75.9 cm³/mol. The van der Waals surface area contributed by atoms with E-state index in [1.54, 1.807) is 11.3 Å². The molecule has 100 valence electrons. The number of hydrogen-bond donors (Lipinski definition) is 1. The molecule has 18 heavy (non-hydrogen) atoms. The number of amides is 2. The van der Waals surface area contributed by atoms with E-state index in [4.69, 9.17) is 0 Å². The molecule has 0 aliphatic carbocycles. The van der Waals surface area contributed by atoms with Crippen molar-refractivity contribution in [2.24, 2.45) is 0 Å². The molecule has 1 aliphatic heterocycles. The first kappa shape index (κ1) is 13.4. The van der Waals surface area contributed by atoms with E-state index in [-0.39, 0.29) is 18.1 Å². The Balaban J connectivity index is 2.14. The molecule has 2 rings (SSSR count). The van der Waals surface area contributed by atoms with Crippen LogP contribution in [0.2, 0.25) is 0 Å². The summed E-state index contributed by atoms with van der Waals surface area (Å²) in [6, 6.07) is 4.78. The minimum atomic E-state index is 0.0882. The van der Waals surface area contributed by atoms with E-state index in [0.717, 1.165) is 19.4 Å². The Bertz CT molecular complexity index is 375. The Morgan fingerprint density at radius 2 is 2.28 bits per heavy atom. The molecular formula is C14H22N2OS. The maximum atomic E-state index is 12.3. The number of rotatable bonds is 2. The number of nitrogens with one attached hydrogen (secondary N) is 1. The SMILES string of the molecule is CC(C)NC(=O)N1CCCCC[C@@H]1c1cccs1. The largest absolute Gasteiger partial charge is 0.336 e. The van der Waals surface area contributed by atoms with E-state index < -0.39 is 0 Å². The number of likely N-dealkylation sites (tertiary alicyclic amines) is 1. The molecule has 0 saturated carbocycles. The fourth-order valence-electron chi connectivity index (χ4n) is 2.46. The minimum absolute atomic E-state index is 0.0882. The third-order valence-electron chi connectivity index (χ3n) is 3.30. The maximum Gasteiger partial charge on any atom is 0.318 e. The number of carbonyl (C=O) groups is 1. The lowest BCUT2D eigenvalue weighted by Gasteiger charge is -2.30. The third-order valence-corrected chi connectivity index (χ3v) is 4.27. The molecular weight excluding hydrogens is 244 g/mol. The monoisotopic (exact) mass is 266 g/mol. The van der Waals surface area contributed by atoms with Gasteiger partial charge < -0.3 is 10.2 Å². The Morgan fingerprint density at radius 1 is 1.44 bits per heavy atom. The summed E-state index contributed by atoms with van der Waals surface area (Å²) in [7, 11) is 0. The van der Waals surface area contributed by atoms with Crippen molar-refractivity contribution < 1.29 is 4.79 Å². The summed E-state index contributed by atoms with van der Waals surface area (Å²) < 4.78 is 0. The van der Waals surface area contributed by atoms with Gasteiger partial charge in [0.1, 0.15) is 0 Å². The number of urea groups is 1. The number of nitrogens with zero attached hydrogens (tertiary/aromatic N) is 1. The van der Waals surface area contributed by atoms with Crippen LogP contribution in [0.4, 0.5) is 4.79 Å². The Morgan fingerprint density at radius 3 is 2.94 bits per heavy atom. The molecule has 0 radical (unpaired) electrons. The topological polar surface area (TPSA) is 32.3 Å². The van der Waals surface area contributed by atoms with E-state index in [2.05, 4.69) is 22.8 Å². The molecule has 1 aliphatic rings. The average molecular weight is 266 g/mol. The van der Waals surface area contributed by atoms with Crippen molar-refractivity contribution in [3.05, 3.63) is 22.4 Å². The van der Waals surface area contributed by atoms with Gasteiger partial charge in [-0.2, -0.15) is 0 Å². The summed E-state index contributed by atoms with van der Waals surface area (Å²) in [4.78, 5) is 15.6. The minimum Gasteiger partial charge on any atom is -0.336 e. The van der Waals surface area contributed by atoms with Crippen molar-refractivity contribution >= 4 is 17.4 Å². The summed E-state index contributed by atoms with van der Waals surface area (Å²) in [6.45, 7) is 4.90. The summed E-state index contributed by atoms with van der Waals surface area (Å²) in [6.07, 6.45) is 4.65. The van der Waals surface area contributed by atoms with Crippen LogP contribution < -0.4 is 5.32 Å². The van der Waals surface area contributed by atoms with Crippen LogP contribution in [-0.4, -0.2) is 23.5 Å². The van der Waals surface area contributed by atoms with Crippen molar-refractivity contribution in [3.63, 3.8) is 0 Å². The van der Waals surface area contributed by atoms with Crippen LogP contribution in [0.1, 0.15) is 50.4 Å². The zero-order valence-electron chi connectivity index (χ0n) is 11.2. The molecule has 1 aromatic heterocycles. The molecule has 4 heteroatoms. The van der Waals surface area contributed by atoms with E-state index >= 15 is 0 Å². The quantitative estimate of drug-likeness (QED) is 0.868. The first-order valence-electron chi connectivity index (χ1n) is 6.79. The molecule has 0 aromatic carbocycles. The Kier molecular flexibility index (Phi) is 4.64. The predicted octanol–water partition coefficient (Wildman–Crippen LogP) is 3.78. The number of thiophene rings is 1. The second-order valence-electron chi connectivity index (χ2n) is 5.18. The lowest BCUT2D eigenvalue weighted by molar-refractivity contribution is 0.174. The molecule has 1 atom stereocenters. The van der Waals surface area contributed by atoms with Gasteiger partial charge in [0.2, 0.25) is 0 Å². The highest BCUT2D eigenvalue weighted by Crippen LogP contribution is 2.32. The molecule has 1 saturated heterocycles. The highest BCUT2D eigenvalue weighted by atomic mass is 32.1. The van der Waals surface area contributed by atoms with Crippen LogP contribution in [0.5, 0.6) is 0 Å². The van der Waals surface area contributed by atoms with Gasteiger partial charge in [-0.15, -0.1) is 11.3 Å². The van der Waals surface area contributed by atoms with Gasteiger partial charge in [0.05, 0.1) is 6.04 Å². The molecule has 0 bridgehead atoms. The van der Waals surface area contributed by atoms with Gasteiger partial charge in [0.25, 0.3) is 0 Å². The van der Waals surface area contributed by atoms with Crippen LogP contribution in [0.25, 0.3) is 0 Å². The van der Waals surface area contributed by atoms with Crippen molar-refractivity contribution in [2.75, 3.05) is 6.54 Å². The molecule has 2 amide bonds. The zero-order valence-corrected chi connectivity index (χ0v) is 12.0. The van der Waals surface area contributed by atoms with E-state index in [1.807, 2.05) is 18.7 Å². The van der Waals surface area contributed by atoms with Crippen LogP contribution in [0.3, 0.4) is 0 Å². The number of hydrogen-bond acceptors (Lipinski definition) is 2. The van der Waals surface area contributed by atoms with Gasteiger partial charge in [-0.1, -0.05) is 18.9 Å². The van der Waals surface area contributed by atoms with Gasteiger partial charge >= 0.3 is 6.03 Å². The standard InChI is InChI=1S/C14H22N2OS/c1-11(2)15-14(17)16-9-5-3-4-7-12(16)13-8-6-10-18-13/h6,8,10-12H,3-5,7,9H2,1-2H3,(H,15,17)/t12-/m1/s1. The summed E-state index contributed by atoms with van der Waals surface area (Å²) in [5.74, 6) is 0. The maximum absolute atomic E-state index is 12.3. The van der Waals surface area contributed by atoms with Crippen LogP contribution in [0.15, 0.2) is 17.5 Å². The summed E-state index contributed by atoms with van der Waals surface area (Å²) in [5.41, 5.74) is 0. The molecule has 0 unspecified atom stereocenters. The Hall–Kier alpha value is -1.03. The van der Waals surface area contributed by atoms with Gasteiger partial charge in [0.15, 0.2) is 0 Å². The second-order valence-corrected chi connectivity index (χ2v) is 6.16. The smallest absolute Gasteiger partial charge is 0.318 e. The normalized spacial score (nSPS) is 20.8. The summed E-state index contributed by atoms with van der Waals surface area (Å²) in [5, 5.41) is 5.12. The van der Waals surface area contributed by atoms with E-state index in [0.29, 0.717) is 0 Å². The van der Waals surface area contributed by atoms with Crippen molar-refractivity contribution in [2.45, 2.75) is 51.6 Å². The lowest BCUT2D eigenvalue weighted by Crippen LogP contribution is -2.44. The highest BCUT2D eigenvalue weighted by Gasteiger charge is 2.27. The number of carbonyl (C=O) groups excluding carboxylic acids is 1. The van der Waals surface area contributed by atoms with Gasteiger partial charge in [-0.05, 0) is 38.1 Å². The highest BCUT2D eigenvalue weighted by molar-refractivity contribution is 7.10. The molecule has 1 aromatic rings. The molecule has 2 heterocycles. The Labute approximate surface area is 113 Å². The molecule has 3 nitrogen and oxygen atoms in total. The van der Waals surface area contributed by atoms with Crippen LogP contribution in [-0.2, 0) is 0 Å². The second kappa shape index (κ2) is 6.23. The van der Waals surface area contributed by atoms with Crippen LogP contribution >= 0.6 is 11.3 Å². The molecule has 0 spiro atoms. The first-order chi connectivity index (χ1) is 8.68. The summed E-state index contributed by atoms with van der Waals surface area (Å²) >= 11 is 1.76. The molecule has 1 fully saturated rings. The molecule has 1 N–H and O–H groups in total. The van der Waals surface area contributed by atoms with Crippen molar-refractivity contribution in [1.82, 2.24) is 10.2 Å². The fraction of sp³-hybridized carbons (Fsp3) is 0.643. The fourth-order valence-corrected chi connectivity index (χ4v) is 3.33. The van der Waals surface area contributed by atoms with Gasteiger partial charge in [-0.25, -0.2) is 4.79 Å². The van der Waals surface area contributed by atoms with Crippen LogP contribution in [0, 0.1) is 0 Å². The van der Waals surface area contributed by atoms with E-state index in [1.165, 1.54) is 17.7 Å². The van der Waals surface area contributed by atoms with E-state index in [9.17, 15) is 4.79 Å². The van der Waals surface area contributed by atoms with Gasteiger partial charge in [0, 0.05) is 17.5 Å². The van der Waals surface area contributed by atoms with Gasteiger partial charge in [-0.3, -0.25) is 0 Å². The van der Waals surface area contributed by atoms with Crippen molar-refractivity contribution in [3.8, 4) is 0 Å². The zero-order chi connectivity index (χ0) is 13.0. The average Bonchev–Trinajstić information content (AvgIpc) is 2.72. The first-order valence-corrected chi connectivity index (χ1v) is 7.67. The van der Waals surface area contributed by atoms with Crippen molar-refractivity contribution in [1.29, 1.82) is 0 Å². The third kappa shape index (κ3) is 3.25.